The van der Waals surface area contributed by atoms with E-state index in [4.69, 9.17) is 5.26 Å². The molecule has 1 aliphatic carbocycles. The van der Waals surface area contributed by atoms with Crippen molar-refractivity contribution in [2.75, 3.05) is 6.54 Å². The summed E-state index contributed by atoms with van der Waals surface area (Å²) in [6, 6.07) is 5.97. The van der Waals surface area contributed by atoms with E-state index in [1.165, 1.54) is 11.3 Å². The van der Waals surface area contributed by atoms with Crippen LogP contribution in [0.4, 0.5) is 0 Å². The maximum absolute atomic E-state index is 10.5. The number of rotatable bonds is 4. The first-order valence-electron chi connectivity index (χ1n) is 6.84. The summed E-state index contributed by atoms with van der Waals surface area (Å²) in [5.41, 5.74) is -0.174. The van der Waals surface area contributed by atoms with Crippen LogP contribution in [-0.2, 0) is 6.54 Å². The molecule has 4 heteroatoms. The van der Waals surface area contributed by atoms with E-state index in [9.17, 15) is 5.11 Å². The molecular weight excluding hydrogens is 256 g/mol. The third kappa shape index (κ3) is 4.04. The van der Waals surface area contributed by atoms with Crippen LogP contribution < -0.4 is 5.32 Å². The maximum Gasteiger partial charge on any atom is 0.110 e. The molecule has 2 N–H and O–H groups in total. The lowest BCUT2D eigenvalue weighted by molar-refractivity contribution is -0.0244. The third-order valence-corrected chi connectivity index (χ3v) is 5.05. The molecule has 1 fully saturated rings. The number of hydrogen-bond acceptors (Lipinski definition) is 4. The van der Waals surface area contributed by atoms with Crippen LogP contribution in [0.2, 0.25) is 0 Å². The molecule has 2 rings (SSSR count). The van der Waals surface area contributed by atoms with Crippen molar-refractivity contribution >= 4 is 11.3 Å². The van der Waals surface area contributed by atoms with E-state index in [2.05, 4.69) is 25.2 Å². The van der Waals surface area contributed by atoms with Gasteiger partial charge in [0.25, 0.3) is 0 Å². The number of nitrogens with zero attached hydrogens (tertiary/aromatic N) is 1. The molecule has 0 aromatic carbocycles. The van der Waals surface area contributed by atoms with Gasteiger partial charge >= 0.3 is 0 Å². The number of thiophene rings is 1. The van der Waals surface area contributed by atoms with Gasteiger partial charge in [0.05, 0.1) is 5.60 Å². The number of nitriles is 1. The second-order valence-electron chi connectivity index (χ2n) is 6.37. The first-order chi connectivity index (χ1) is 8.92. The van der Waals surface area contributed by atoms with Crippen LogP contribution in [0.25, 0.3) is 0 Å². The van der Waals surface area contributed by atoms with E-state index in [0.717, 1.165) is 42.0 Å². The molecule has 0 bridgehead atoms. The fourth-order valence-corrected chi connectivity index (χ4v) is 3.29. The van der Waals surface area contributed by atoms with E-state index in [0.29, 0.717) is 12.0 Å². The smallest absolute Gasteiger partial charge is 0.110 e. The molecule has 0 radical (unpaired) electrons. The summed E-state index contributed by atoms with van der Waals surface area (Å²) in [6.07, 6.45) is 3.92. The van der Waals surface area contributed by atoms with Crippen LogP contribution in [0, 0.1) is 16.7 Å². The fourth-order valence-electron chi connectivity index (χ4n) is 2.52. The van der Waals surface area contributed by atoms with Crippen LogP contribution in [0.15, 0.2) is 12.1 Å². The van der Waals surface area contributed by atoms with Gasteiger partial charge in [0, 0.05) is 18.0 Å². The summed E-state index contributed by atoms with van der Waals surface area (Å²) in [4.78, 5) is 1.89. The maximum atomic E-state index is 10.5. The Labute approximate surface area is 119 Å². The lowest BCUT2D eigenvalue weighted by Gasteiger charge is -2.40. The van der Waals surface area contributed by atoms with Gasteiger partial charge in [-0.15, -0.1) is 11.3 Å². The van der Waals surface area contributed by atoms with Crippen LogP contribution in [0.3, 0.4) is 0 Å². The van der Waals surface area contributed by atoms with E-state index < -0.39 is 5.60 Å². The predicted molar refractivity (Wildman–Crippen MR) is 77.9 cm³/mol. The Morgan fingerprint density at radius 1 is 1.32 bits per heavy atom. The van der Waals surface area contributed by atoms with Crippen molar-refractivity contribution < 1.29 is 5.11 Å². The average molecular weight is 278 g/mol. The van der Waals surface area contributed by atoms with E-state index in [-0.39, 0.29) is 0 Å². The molecule has 0 saturated heterocycles. The Kier molecular flexibility index (Phi) is 4.29. The monoisotopic (exact) mass is 278 g/mol. The molecule has 1 heterocycles. The molecule has 104 valence electrons. The minimum absolute atomic E-state index is 0.377. The highest BCUT2D eigenvalue weighted by molar-refractivity contribution is 7.12. The zero-order chi connectivity index (χ0) is 13.9. The molecule has 0 amide bonds. The minimum atomic E-state index is -0.551. The second kappa shape index (κ2) is 5.62. The van der Waals surface area contributed by atoms with Gasteiger partial charge in [0.1, 0.15) is 10.9 Å². The van der Waals surface area contributed by atoms with Crippen molar-refractivity contribution in [1.29, 1.82) is 5.26 Å². The highest BCUT2D eigenvalue weighted by Crippen LogP contribution is 2.39. The van der Waals surface area contributed by atoms with Crippen molar-refractivity contribution in [3.63, 3.8) is 0 Å². The Hall–Kier alpha value is -0.890. The second-order valence-corrected chi connectivity index (χ2v) is 7.54. The van der Waals surface area contributed by atoms with Gasteiger partial charge in [-0.2, -0.15) is 5.26 Å². The molecule has 0 aliphatic heterocycles. The standard InChI is InChI=1S/C15H22N2OS/c1-14(2)5-7-15(18,8-6-14)11-17-10-13-4-3-12(9-16)19-13/h3-4,17-18H,5-8,10-11H2,1-2H3. The summed E-state index contributed by atoms with van der Waals surface area (Å²) in [5, 5.41) is 22.6. The summed E-state index contributed by atoms with van der Waals surface area (Å²) in [6.45, 7) is 5.92. The molecule has 1 aromatic heterocycles. The third-order valence-electron chi connectivity index (χ3n) is 4.06. The molecule has 0 spiro atoms. The quantitative estimate of drug-likeness (QED) is 0.890. The summed E-state index contributed by atoms with van der Waals surface area (Å²) < 4.78 is 0. The van der Waals surface area contributed by atoms with Crippen molar-refractivity contribution in [3.8, 4) is 6.07 Å². The van der Waals surface area contributed by atoms with Crippen LogP contribution in [0.5, 0.6) is 0 Å². The first-order valence-corrected chi connectivity index (χ1v) is 7.66. The molecule has 1 aliphatic rings. The molecular formula is C15H22N2OS. The topological polar surface area (TPSA) is 56.0 Å². The summed E-state index contributed by atoms with van der Waals surface area (Å²) in [7, 11) is 0. The lowest BCUT2D eigenvalue weighted by atomic mass is 9.71. The molecule has 1 saturated carbocycles. The van der Waals surface area contributed by atoms with Crippen molar-refractivity contribution in [3.05, 3.63) is 21.9 Å². The Morgan fingerprint density at radius 3 is 2.58 bits per heavy atom. The average Bonchev–Trinajstić information content (AvgIpc) is 2.82. The van der Waals surface area contributed by atoms with Gasteiger partial charge in [-0.3, -0.25) is 0 Å². The molecule has 1 aromatic rings. The van der Waals surface area contributed by atoms with Crippen molar-refractivity contribution in [2.45, 2.75) is 51.7 Å². The summed E-state index contributed by atoms with van der Waals surface area (Å²) >= 11 is 1.51. The van der Waals surface area contributed by atoms with Crippen molar-refractivity contribution in [1.82, 2.24) is 5.32 Å². The fraction of sp³-hybridized carbons (Fsp3) is 0.667. The highest BCUT2D eigenvalue weighted by Gasteiger charge is 2.36. The van der Waals surface area contributed by atoms with E-state index >= 15 is 0 Å². The predicted octanol–water partition coefficient (Wildman–Crippen LogP) is 3.04. The molecule has 19 heavy (non-hydrogen) atoms. The molecule has 0 unspecified atom stereocenters. The minimum Gasteiger partial charge on any atom is -0.389 e. The molecule has 0 atom stereocenters. The van der Waals surface area contributed by atoms with Gasteiger partial charge in [-0.05, 0) is 43.2 Å². The van der Waals surface area contributed by atoms with Gasteiger partial charge < -0.3 is 10.4 Å². The number of aliphatic hydroxyl groups is 1. The first kappa shape index (κ1) is 14.5. The zero-order valence-corrected chi connectivity index (χ0v) is 12.5. The van der Waals surface area contributed by atoms with Gasteiger partial charge in [-0.1, -0.05) is 13.8 Å². The van der Waals surface area contributed by atoms with Crippen LogP contribution in [0.1, 0.15) is 49.3 Å². The van der Waals surface area contributed by atoms with Gasteiger partial charge in [0.15, 0.2) is 0 Å². The van der Waals surface area contributed by atoms with Crippen molar-refractivity contribution in [2.24, 2.45) is 5.41 Å². The number of nitrogens with one attached hydrogen (secondary N) is 1. The van der Waals surface area contributed by atoms with Crippen LogP contribution >= 0.6 is 11.3 Å². The summed E-state index contributed by atoms with van der Waals surface area (Å²) in [5.74, 6) is 0. The van der Waals surface area contributed by atoms with Gasteiger partial charge in [0.2, 0.25) is 0 Å². The van der Waals surface area contributed by atoms with E-state index in [1.54, 1.807) is 0 Å². The normalized spacial score (nSPS) is 20.9. The Morgan fingerprint density at radius 2 is 2.00 bits per heavy atom. The highest BCUT2D eigenvalue weighted by atomic mass is 32.1. The van der Waals surface area contributed by atoms with Crippen LogP contribution in [-0.4, -0.2) is 17.3 Å². The lowest BCUT2D eigenvalue weighted by Crippen LogP contribution is -2.44. The zero-order valence-electron chi connectivity index (χ0n) is 11.7. The van der Waals surface area contributed by atoms with Gasteiger partial charge in [-0.25, -0.2) is 0 Å². The number of hydrogen-bond donors (Lipinski definition) is 2. The molecule has 3 nitrogen and oxygen atoms in total. The van der Waals surface area contributed by atoms with E-state index in [1.807, 2.05) is 12.1 Å². The largest absolute Gasteiger partial charge is 0.389 e. The Bertz CT molecular complexity index is 463. The SMILES string of the molecule is CC1(C)CCC(O)(CNCc2ccc(C#N)s2)CC1. The Balaban J connectivity index is 1.78.